The second kappa shape index (κ2) is 14.0. The van der Waals surface area contributed by atoms with Gasteiger partial charge in [-0.15, -0.1) is 0 Å². The topological polar surface area (TPSA) is 112 Å². The summed E-state index contributed by atoms with van der Waals surface area (Å²) in [7, 11) is -3.34. The summed E-state index contributed by atoms with van der Waals surface area (Å²) in [5.74, 6) is 1.06. The summed E-state index contributed by atoms with van der Waals surface area (Å²) in [5, 5.41) is 9.99. The molecular formula is C34H38N4O5S. The lowest BCUT2D eigenvalue weighted by atomic mass is 9.99. The summed E-state index contributed by atoms with van der Waals surface area (Å²) >= 11 is 0. The van der Waals surface area contributed by atoms with Crippen LogP contribution < -0.4 is 14.4 Å². The van der Waals surface area contributed by atoms with Crippen LogP contribution in [-0.2, 0) is 27.8 Å². The molecule has 4 aromatic rings. The molecule has 3 aromatic carbocycles. The maximum absolute atomic E-state index is 13.7. The Hall–Kier alpha value is -4.25. The predicted octanol–water partition coefficient (Wildman–Crippen LogP) is 5.54. The van der Waals surface area contributed by atoms with Crippen LogP contribution in [0.1, 0.15) is 42.6 Å². The van der Waals surface area contributed by atoms with E-state index >= 15 is 0 Å². The molecule has 1 aliphatic rings. The van der Waals surface area contributed by atoms with Gasteiger partial charge in [0.05, 0.1) is 18.8 Å². The number of amides is 1. The molecule has 0 radical (unpaired) electrons. The van der Waals surface area contributed by atoms with Crippen molar-refractivity contribution in [2.45, 2.75) is 44.9 Å². The minimum atomic E-state index is -3.34. The first kappa shape index (κ1) is 31.2. The first-order chi connectivity index (χ1) is 21.1. The van der Waals surface area contributed by atoms with Gasteiger partial charge in [0, 0.05) is 49.3 Å². The molecule has 44 heavy (non-hydrogen) atoms. The fraction of sp³-hybridized carbons (Fsp3) is 0.294. The molecule has 1 unspecified atom stereocenters. The lowest BCUT2D eigenvalue weighted by molar-refractivity contribution is -0.118. The zero-order valence-corrected chi connectivity index (χ0v) is 25.8. The van der Waals surface area contributed by atoms with Crippen molar-refractivity contribution in [1.29, 1.82) is 0 Å². The predicted molar refractivity (Wildman–Crippen MR) is 172 cm³/mol. The second-order valence-electron chi connectivity index (χ2n) is 11.2. The largest absolute Gasteiger partial charge is 0.439 e. The molecular weight excluding hydrogens is 576 g/mol. The normalized spacial score (nSPS) is 15.0. The third-order valence-corrected chi connectivity index (χ3v) is 8.20. The van der Waals surface area contributed by atoms with Gasteiger partial charge < -0.3 is 14.7 Å². The number of para-hydroxylation sites is 1. The molecule has 10 heteroatoms. The van der Waals surface area contributed by atoms with Crippen molar-refractivity contribution < 1.29 is 23.1 Å². The van der Waals surface area contributed by atoms with E-state index in [1.165, 1.54) is 0 Å². The molecule has 1 atom stereocenters. The molecule has 9 nitrogen and oxygen atoms in total. The van der Waals surface area contributed by atoms with E-state index in [1.807, 2.05) is 77.8 Å². The Bertz CT molecular complexity index is 1640. The van der Waals surface area contributed by atoms with Gasteiger partial charge in [-0.1, -0.05) is 48.5 Å². The van der Waals surface area contributed by atoms with Crippen LogP contribution in [0.2, 0.25) is 0 Å². The lowest BCUT2D eigenvalue weighted by Gasteiger charge is -2.38. The molecule has 230 valence electrons. The first-order valence-electron chi connectivity index (χ1n) is 14.7. The minimum Gasteiger partial charge on any atom is -0.439 e. The highest BCUT2D eigenvalue weighted by Crippen LogP contribution is 2.27. The number of carbonyl (C=O) groups excluding carboxylic acids is 1. The Morgan fingerprint density at radius 2 is 1.73 bits per heavy atom. The smallest absolute Gasteiger partial charge is 0.231 e. The number of ether oxygens (including phenoxy) is 1. The van der Waals surface area contributed by atoms with Gasteiger partial charge in [-0.3, -0.25) is 14.4 Å². The van der Waals surface area contributed by atoms with Gasteiger partial charge in [0.2, 0.25) is 21.8 Å². The van der Waals surface area contributed by atoms with Crippen molar-refractivity contribution in [3.05, 3.63) is 114 Å². The number of piperidine rings is 1. The van der Waals surface area contributed by atoms with E-state index in [4.69, 9.17) is 4.74 Å². The summed E-state index contributed by atoms with van der Waals surface area (Å²) in [6.45, 7) is 4.18. The number of aliphatic hydroxyl groups excluding tert-OH is 1. The number of nitrogens with one attached hydrogen (secondary N) is 1. The fourth-order valence-corrected chi connectivity index (χ4v) is 6.02. The maximum Gasteiger partial charge on any atom is 0.231 e. The van der Waals surface area contributed by atoms with Crippen LogP contribution in [0.15, 0.2) is 97.2 Å². The Kier molecular flexibility index (Phi) is 9.94. The summed E-state index contributed by atoms with van der Waals surface area (Å²) in [5.41, 5.74) is 4.14. The number of sulfonamides is 1. The van der Waals surface area contributed by atoms with Crippen LogP contribution in [0.3, 0.4) is 0 Å². The number of nitrogens with zero attached hydrogens (tertiary/aromatic N) is 3. The van der Waals surface area contributed by atoms with Crippen molar-refractivity contribution in [2.24, 2.45) is 0 Å². The van der Waals surface area contributed by atoms with E-state index in [9.17, 15) is 18.3 Å². The van der Waals surface area contributed by atoms with Gasteiger partial charge in [0.1, 0.15) is 5.75 Å². The summed E-state index contributed by atoms with van der Waals surface area (Å²) in [6, 6.07) is 28.0. The minimum absolute atomic E-state index is 0.0541. The Morgan fingerprint density at radius 1 is 1.00 bits per heavy atom. The van der Waals surface area contributed by atoms with E-state index in [0.717, 1.165) is 61.1 Å². The SMILES string of the molecule is CC(O)c1cccc(CC(=O)N(c2ccccc2)C2CCN(Cc3ccc(Oc4ccc(NS(C)(=O)=O)cc4)nc3)CC2)c1. The summed E-state index contributed by atoms with van der Waals surface area (Å²) < 4.78 is 31.0. The van der Waals surface area contributed by atoms with Crippen molar-refractivity contribution in [1.82, 2.24) is 9.88 Å². The number of hydrogen-bond donors (Lipinski definition) is 2. The van der Waals surface area contributed by atoms with Crippen molar-refractivity contribution >= 4 is 27.3 Å². The van der Waals surface area contributed by atoms with Crippen LogP contribution in [-0.4, -0.2) is 54.7 Å². The lowest BCUT2D eigenvalue weighted by Crippen LogP contribution is -2.48. The Balaban J connectivity index is 1.17. The zero-order valence-electron chi connectivity index (χ0n) is 25.0. The van der Waals surface area contributed by atoms with Gasteiger partial charge in [0.25, 0.3) is 0 Å². The van der Waals surface area contributed by atoms with Crippen LogP contribution in [0.25, 0.3) is 0 Å². The van der Waals surface area contributed by atoms with Crippen molar-refractivity contribution in [3.8, 4) is 11.6 Å². The van der Waals surface area contributed by atoms with Crippen LogP contribution in [0.5, 0.6) is 11.6 Å². The van der Waals surface area contributed by atoms with E-state index < -0.39 is 16.1 Å². The maximum atomic E-state index is 13.7. The highest BCUT2D eigenvalue weighted by molar-refractivity contribution is 7.92. The molecule has 1 amide bonds. The van der Waals surface area contributed by atoms with Gasteiger partial charge in [-0.2, -0.15) is 0 Å². The number of likely N-dealkylation sites (tertiary alicyclic amines) is 1. The summed E-state index contributed by atoms with van der Waals surface area (Å²) in [4.78, 5) is 22.5. The number of pyridine rings is 1. The van der Waals surface area contributed by atoms with Crippen molar-refractivity contribution in [3.63, 3.8) is 0 Å². The quantitative estimate of drug-likeness (QED) is 0.228. The van der Waals surface area contributed by atoms with E-state index in [1.54, 1.807) is 31.2 Å². The standard InChI is InChI=1S/C34H38N4O5S/c1-25(39)28-8-6-7-26(21-28)22-34(40)38(30-9-4-3-5-10-30)31-17-19-37(20-18-31)24-27-11-16-33(35-23-27)43-32-14-12-29(13-15-32)36-44(2,41)42/h3-16,21,23,25,31,36,39H,17-20,22,24H2,1-2H3. The molecule has 2 heterocycles. The molecule has 1 fully saturated rings. The Labute approximate surface area is 259 Å². The van der Waals surface area contributed by atoms with Crippen LogP contribution in [0.4, 0.5) is 11.4 Å². The van der Waals surface area contributed by atoms with E-state index in [0.29, 0.717) is 17.3 Å². The van der Waals surface area contributed by atoms with Crippen LogP contribution >= 0.6 is 0 Å². The van der Waals surface area contributed by atoms with Gasteiger partial charge in [0.15, 0.2) is 0 Å². The monoisotopic (exact) mass is 614 g/mol. The highest BCUT2D eigenvalue weighted by atomic mass is 32.2. The van der Waals surface area contributed by atoms with Gasteiger partial charge >= 0.3 is 0 Å². The second-order valence-corrected chi connectivity index (χ2v) is 13.0. The molecule has 1 aromatic heterocycles. The molecule has 1 aliphatic heterocycles. The molecule has 0 bridgehead atoms. The number of aliphatic hydroxyl groups is 1. The number of hydrogen-bond acceptors (Lipinski definition) is 7. The number of carbonyl (C=O) groups is 1. The third kappa shape index (κ3) is 8.66. The molecule has 5 rings (SSSR count). The molecule has 0 saturated carbocycles. The number of aromatic nitrogens is 1. The molecule has 2 N–H and O–H groups in total. The zero-order chi connectivity index (χ0) is 31.1. The highest BCUT2D eigenvalue weighted by Gasteiger charge is 2.29. The number of benzene rings is 3. The Morgan fingerprint density at radius 3 is 2.36 bits per heavy atom. The number of rotatable bonds is 11. The molecule has 0 spiro atoms. The third-order valence-electron chi connectivity index (χ3n) is 7.60. The average molecular weight is 615 g/mol. The van der Waals surface area contributed by atoms with Crippen molar-refractivity contribution in [2.75, 3.05) is 29.0 Å². The molecule has 0 aliphatic carbocycles. The summed E-state index contributed by atoms with van der Waals surface area (Å²) in [6.07, 6.45) is 4.32. The average Bonchev–Trinajstić information content (AvgIpc) is 3.00. The van der Waals surface area contributed by atoms with Gasteiger partial charge in [-0.25, -0.2) is 13.4 Å². The van der Waals surface area contributed by atoms with E-state index in [2.05, 4.69) is 14.6 Å². The fourth-order valence-electron chi connectivity index (χ4n) is 5.45. The van der Waals surface area contributed by atoms with Gasteiger partial charge in [-0.05, 0) is 72.9 Å². The number of anilines is 2. The molecule has 1 saturated heterocycles. The van der Waals surface area contributed by atoms with Crippen LogP contribution in [0, 0.1) is 0 Å². The first-order valence-corrected chi connectivity index (χ1v) is 16.6. The van der Waals surface area contributed by atoms with E-state index in [-0.39, 0.29) is 18.4 Å².